The summed E-state index contributed by atoms with van der Waals surface area (Å²) in [6.07, 6.45) is 1.72. The molecule has 0 radical (unpaired) electrons. The minimum absolute atomic E-state index is 0.173. The number of anilines is 1. The van der Waals surface area contributed by atoms with Crippen molar-refractivity contribution in [1.29, 1.82) is 0 Å². The van der Waals surface area contributed by atoms with E-state index in [9.17, 15) is 9.59 Å². The number of nitrogens with zero attached hydrogens (tertiary/aromatic N) is 5. The molecule has 3 aromatic heterocycles. The van der Waals surface area contributed by atoms with Gasteiger partial charge >= 0.3 is 0 Å². The number of fused-ring (bicyclic) bond motifs is 2. The van der Waals surface area contributed by atoms with Gasteiger partial charge in [0.15, 0.2) is 10.8 Å². The second-order valence-corrected chi connectivity index (χ2v) is 8.07. The van der Waals surface area contributed by atoms with Gasteiger partial charge in [-0.1, -0.05) is 36.0 Å². The third-order valence-corrected chi connectivity index (χ3v) is 6.05. The van der Waals surface area contributed by atoms with Crippen molar-refractivity contribution in [3.63, 3.8) is 0 Å². The fourth-order valence-corrected chi connectivity index (χ4v) is 4.69. The molecule has 150 valence electrons. The molecule has 0 spiro atoms. The molecule has 4 aromatic rings. The smallest absolute Gasteiger partial charge is 0.265 e. The number of pyridine rings is 1. The van der Waals surface area contributed by atoms with Crippen molar-refractivity contribution in [3.8, 4) is 5.69 Å². The highest BCUT2D eigenvalue weighted by molar-refractivity contribution is 7.99. The van der Waals surface area contributed by atoms with E-state index in [1.165, 1.54) is 11.8 Å². The fourth-order valence-electron chi connectivity index (χ4n) is 3.56. The fraction of sp³-hybridized carbons (Fsp3) is 0.190. The zero-order chi connectivity index (χ0) is 20.7. The number of aryl methyl sites for hydroxylation is 1. The predicted octanol–water partition coefficient (Wildman–Crippen LogP) is 2.96. The van der Waals surface area contributed by atoms with E-state index in [0.717, 1.165) is 11.4 Å². The minimum atomic E-state index is -0.265. The number of amides is 1. The van der Waals surface area contributed by atoms with Crippen LogP contribution >= 0.6 is 11.8 Å². The lowest BCUT2D eigenvalue weighted by Crippen LogP contribution is -2.28. The first kappa shape index (κ1) is 18.6. The average Bonchev–Trinajstić information content (AvgIpc) is 3.34. The lowest BCUT2D eigenvalue weighted by atomic mass is 10.2. The number of carbonyl (C=O) groups excluding carboxylic acids is 1. The van der Waals surface area contributed by atoms with Gasteiger partial charge in [0.1, 0.15) is 11.2 Å². The molecule has 1 amide bonds. The van der Waals surface area contributed by atoms with Crippen molar-refractivity contribution in [3.05, 3.63) is 70.8 Å². The molecule has 1 aliphatic heterocycles. The van der Waals surface area contributed by atoms with Crippen LogP contribution in [0.1, 0.15) is 18.2 Å². The Hall–Kier alpha value is -3.46. The van der Waals surface area contributed by atoms with Gasteiger partial charge in [0.2, 0.25) is 5.91 Å². The molecular weight excluding hydrogens is 400 g/mol. The van der Waals surface area contributed by atoms with E-state index in [0.29, 0.717) is 27.8 Å². The molecule has 0 fully saturated rings. The molecule has 0 aliphatic carbocycles. The van der Waals surface area contributed by atoms with Crippen LogP contribution in [-0.2, 0) is 4.79 Å². The van der Waals surface area contributed by atoms with Gasteiger partial charge in [-0.25, -0.2) is 14.6 Å². The maximum Gasteiger partial charge on any atom is 0.265 e. The maximum absolute atomic E-state index is 13.2. The van der Waals surface area contributed by atoms with Crippen LogP contribution in [0.4, 0.5) is 5.82 Å². The number of rotatable bonds is 4. The second kappa shape index (κ2) is 7.42. The zero-order valence-electron chi connectivity index (χ0n) is 16.1. The molecular formula is C21H18N6O2S. The quantitative estimate of drug-likeness (QED) is 0.512. The Labute approximate surface area is 176 Å². The van der Waals surface area contributed by atoms with Crippen LogP contribution < -0.4 is 10.9 Å². The van der Waals surface area contributed by atoms with Crippen LogP contribution in [-0.4, -0.2) is 36.0 Å². The van der Waals surface area contributed by atoms with Crippen molar-refractivity contribution in [2.24, 2.45) is 0 Å². The number of hydrogen-bond acceptors (Lipinski definition) is 6. The first-order chi connectivity index (χ1) is 14.6. The number of carbonyl (C=O) groups is 1. The molecule has 0 unspecified atom stereocenters. The third kappa shape index (κ3) is 3.26. The van der Waals surface area contributed by atoms with Gasteiger partial charge in [0.25, 0.3) is 5.56 Å². The normalized spacial score (nSPS) is 15.3. The van der Waals surface area contributed by atoms with E-state index in [2.05, 4.69) is 20.4 Å². The largest absolute Gasteiger partial charge is 0.311 e. The molecule has 30 heavy (non-hydrogen) atoms. The lowest BCUT2D eigenvalue weighted by molar-refractivity contribution is -0.116. The number of aromatic nitrogens is 5. The summed E-state index contributed by atoms with van der Waals surface area (Å²) in [5.41, 5.74) is 2.02. The van der Waals surface area contributed by atoms with Crippen molar-refractivity contribution < 1.29 is 4.79 Å². The van der Waals surface area contributed by atoms with E-state index in [-0.39, 0.29) is 23.9 Å². The highest BCUT2D eigenvalue weighted by atomic mass is 32.2. The number of nitrogens with one attached hydrogen (secondary N) is 1. The van der Waals surface area contributed by atoms with Crippen LogP contribution in [0.2, 0.25) is 0 Å². The number of hydrogen-bond donors (Lipinski definition) is 1. The van der Waals surface area contributed by atoms with Crippen molar-refractivity contribution in [2.45, 2.75) is 24.5 Å². The zero-order valence-corrected chi connectivity index (χ0v) is 17.0. The number of benzene rings is 1. The number of para-hydroxylation sites is 1. The summed E-state index contributed by atoms with van der Waals surface area (Å²) in [5, 5.41) is 8.22. The molecule has 1 aromatic carbocycles. The van der Waals surface area contributed by atoms with Gasteiger partial charge in [0.05, 0.1) is 17.9 Å². The van der Waals surface area contributed by atoms with E-state index in [1.54, 1.807) is 21.5 Å². The predicted molar refractivity (Wildman–Crippen MR) is 115 cm³/mol. The van der Waals surface area contributed by atoms with Crippen LogP contribution in [0.25, 0.3) is 16.7 Å². The number of thioether (sulfide) groups is 1. The van der Waals surface area contributed by atoms with Crippen molar-refractivity contribution in [1.82, 2.24) is 24.3 Å². The Morgan fingerprint density at radius 2 is 2.00 bits per heavy atom. The van der Waals surface area contributed by atoms with E-state index in [4.69, 9.17) is 0 Å². The summed E-state index contributed by atoms with van der Waals surface area (Å²) in [6, 6.07) is 14.8. The molecule has 0 saturated carbocycles. The average molecular weight is 418 g/mol. The summed E-state index contributed by atoms with van der Waals surface area (Å²) in [6.45, 7) is 1.87. The molecule has 1 aliphatic rings. The van der Waals surface area contributed by atoms with Gasteiger partial charge < -0.3 is 5.32 Å². The Morgan fingerprint density at radius 3 is 2.80 bits per heavy atom. The van der Waals surface area contributed by atoms with Gasteiger partial charge in [-0.05, 0) is 31.2 Å². The van der Waals surface area contributed by atoms with Gasteiger partial charge in [0, 0.05) is 17.9 Å². The topological polar surface area (TPSA) is 94.7 Å². The first-order valence-electron chi connectivity index (χ1n) is 9.52. The first-order valence-corrected chi connectivity index (χ1v) is 10.5. The van der Waals surface area contributed by atoms with Crippen LogP contribution in [0.5, 0.6) is 0 Å². The van der Waals surface area contributed by atoms with Gasteiger partial charge in [-0.3, -0.25) is 14.2 Å². The highest BCUT2D eigenvalue weighted by Crippen LogP contribution is 2.33. The molecule has 0 bridgehead atoms. The van der Waals surface area contributed by atoms with Crippen molar-refractivity contribution in [2.75, 3.05) is 11.1 Å². The lowest BCUT2D eigenvalue weighted by Gasteiger charge is -2.13. The Kier molecular flexibility index (Phi) is 4.59. The minimum Gasteiger partial charge on any atom is -0.311 e. The van der Waals surface area contributed by atoms with E-state index < -0.39 is 0 Å². The molecule has 0 saturated heterocycles. The summed E-state index contributed by atoms with van der Waals surface area (Å²) >= 11 is 1.48. The molecule has 1 atom stereocenters. The van der Waals surface area contributed by atoms with Gasteiger partial charge in [-0.15, -0.1) is 0 Å². The molecule has 9 heteroatoms. The third-order valence-electron chi connectivity index (χ3n) is 4.95. The highest BCUT2D eigenvalue weighted by Gasteiger charge is 2.29. The molecule has 1 N–H and O–H groups in total. The van der Waals surface area contributed by atoms with Crippen LogP contribution in [0.3, 0.4) is 0 Å². The Morgan fingerprint density at radius 1 is 1.17 bits per heavy atom. The second-order valence-electron chi connectivity index (χ2n) is 7.08. The van der Waals surface area contributed by atoms with Crippen LogP contribution in [0, 0.1) is 6.92 Å². The van der Waals surface area contributed by atoms with E-state index in [1.807, 2.05) is 49.4 Å². The van der Waals surface area contributed by atoms with Gasteiger partial charge in [-0.2, -0.15) is 5.10 Å². The maximum atomic E-state index is 13.2. The van der Waals surface area contributed by atoms with E-state index >= 15 is 0 Å². The SMILES string of the molecule is Cc1cccc(NC(=O)C[C@@H]2CSc3nc4c(cnn4-c4ccccc4)c(=O)n32)n1. The Bertz CT molecular complexity index is 1310. The Balaban J connectivity index is 1.45. The summed E-state index contributed by atoms with van der Waals surface area (Å²) in [4.78, 5) is 34.7. The summed E-state index contributed by atoms with van der Waals surface area (Å²) in [5.74, 6) is 0.942. The molecule has 8 nitrogen and oxygen atoms in total. The van der Waals surface area contributed by atoms with Crippen molar-refractivity contribution >= 4 is 34.5 Å². The molecule has 5 rings (SSSR count). The summed E-state index contributed by atoms with van der Waals surface area (Å²) in [7, 11) is 0. The monoisotopic (exact) mass is 418 g/mol. The summed E-state index contributed by atoms with van der Waals surface area (Å²) < 4.78 is 3.29. The standard InChI is InChI=1S/C21H18N6O2S/c1-13-6-5-9-17(23-13)24-18(28)10-15-12-30-21-25-19-16(20(29)26(15)21)11-22-27(19)14-7-3-2-4-8-14/h2-9,11,15H,10,12H2,1H3,(H,23,24,28)/t15-/m1/s1. The molecule has 4 heterocycles. The van der Waals surface area contributed by atoms with Crippen LogP contribution in [0.15, 0.2) is 64.7 Å².